The van der Waals surface area contributed by atoms with Crippen molar-refractivity contribution in [2.24, 2.45) is 0 Å². The van der Waals surface area contributed by atoms with E-state index < -0.39 is 0 Å². The molecule has 0 bridgehead atoms. The van der Waals surface area contributed by atoms with Gasteiger partial charge >= 0.3 is 0 Å². The van der Waals surface area contributed by atoms with Crippen molar-refractivity contribution in [3.05, 3.63) is 16.9 Å². The van der Waals surface area contributed by atoms with E-state index in [1.807, 2.05) is 6.07 Å². The molecule has 0 atom stereocenters. The first-order valence-corrected chi connectivity index (χ1v) is 4.63. The van der Waals surface area contributed by atoms with Gasteiger partial charge in [0.1, 0.15) is 5.15 Å². The Hall–Kier alpha value is -1.01. The van der Waals surface area contributed by atoms with Crippen LogP contribution < -0.4 is 0 Å². The van der Waals surface area contributed by atoms with Crippen LogP contribution in [0.3, 0.4) is 0 Å². The minimum absolute atomic E-state index is 0.376. The summed E-state index contributed by atoms with van der Waals surface area (Å²) >= 11 is 5.92. The van der Waals surface area contributed by atoms with Gasteiger partial charge in [0, 0.05) is 0 Å². The molecule has 4 heteroatoms. The van der Waals surface area contributed by atoms with Crippen LogP contribution in [0.15, 0.2) is 6.07 Å². The molecule has 0 saturated heterocycles. The topological polar surface area (TPSA) is 41.6 Å². The van der Waals surface area contributed by atoms with Crippen LogP contribution in [0, 0.1) is 11.3 Å². The molecule has 13 heavy (non-hydrogen) atoms. The molecule has 0 fully saturated rings. The molecule has 1 heterocycles. The number of aromatic nitrogens is 2. The second-order valence-electron chi connectivity index (χ2n) is 3.18. The number of hydrogen-bond acceptors (Lipinski definition) is 2. The fourth-order valence-corrected chi connectivity index (χ4v) is 1.24. The Morgan fingerprint density at radius 1 is 1.69 bits per heavy atom. The molecule has 0 amide bonds. The first-order chi connectivity index (χ1) is 6.15. The van der Waals surface area contributed by atoms with Gasteiger partial charge in [-0.2, -0.15) is 10.4 Å². The second-order valence-corrected chi connectivity index (χ2v) is 3.57. The smallest absolute Gasteiger partial charge is 0.127 e. The van der Waals surface area contributed by atoms with Crippen molar-refractivity contribution < 1.29 is 0 Å². The minimum Gasteiger partial charge on any atom is -0.253 e. The van der Waals surface area contributed by atoms with Crippen LogP contribution in [0.1, 0.15) is 31.9 Å². The van der Waals surface area contributed by atoms with Crippen LogP contribution in [0.4, 0.5) is 0 Å². The van der Waals surface area contributed by atoms with Crippen LogP contribution in [0.2, 0.25) is 5.15 Å². The van der Waals surface area contributed by atoms with Gasteiger partial charge in [-0.3, -0.25) is 4.68 Å². The largest absolute Gasteiger partial charge is 0.253 e. The summed E-state index contributed by atoms with van der Waals surface area (Å²) in [5.74, 6) is 0.376. The average molecular weight is 198 g/mol. The lowest BCUT2D eigenvalue weighted by Crippen LogP contribution is -2.00. The molecule has 0 aliphatic rings. The van der Waals surface area contributed by atoms with Crippen LogP contribution in [0.25, 0.3) is 0 Å². The summed E-state index contributed by atoms with van der Waals surface area (Å²) in [6, 6.07) is 3.91. The molecule has 1 aromatic heterocycles. The molecular weight excluding hydrogens is 186 g/mol. The Labute approximate surface area is 82.9 Å². The Morgan fingerprint density at radius 3 is 2.85 bits per heavy atom. The van der Waals surface area contributed by atoms with Crippen molar-refractivity contribution in [1.82, 2.24) is 9.78 Å². The molecule has 0 aromatic carbocycles. The van der Waals surface area contributed by atoms with Gasteiger partial charge in [-0.25, -0.2) is 0 Å². The number of nitrogens with zero attached hydrogens (tertiary/aromatic N) is 3. The first kappa shape index (κ1) is 10.1. The zero-order valence-electron chi connectivity index (χ0n) is 7.79. The summed E-state index contributed by atoms with van der Waals surface area (Å²) in [5.41, 5.74) is 0.975. The Morgan fingerprint density at radius 2 is 2.38 bits per heavy atom. The fraction of sp³-hybridized carbons (Fsp3) is 0.556. The maximum absolute atomic E-state index is 8.40. The van der Waals surface area contributed by atoms with Crippen LogP contribution in [0.5, 0.6) is 0 Å². The Kier molecular flexibility index (Phi) is 3.32. The molecule has 0 aliphatic carbocycles. The van der Waals surface area contributed by atoms with E-state index in [0.717, 1.165) is 5.69 Å². The van der Waals surface area contributed by atoms with E-state index in [4.69, 9.17) is 16.9 Å². The SMILES string of the molecule is CC(C)c1cc(Cl)n(CCC#N)n1. The van der Waals surface area contributed by atoms with Crippen molar-refractivity contribution in [2.75, 3.05) is 0 Å². The van der Waals surface area contributed by atoms with Gasteiger partial charge in [0.15, 0.2) is 0 Å². The normalized spacial score (nSPS) is 10.4. The third kappa shape index (κ3) is 2.46. The van der Waals surface area contributed by atoms with Crippen molar-refractivity contribution in [3.63, 3.8) is 0 Å². The summed E-state index contributed by atoms with van der Waals surface area (Å²) in [7, 11) is 0. The molecule has 0 radical (unpaired) electrons. The fourth-order valence-electron chi connectivity index (χ4n) is 1.01. The standard InChI is InChI=1S/C9H12ClN3/c1-7(2)8-6-9(10)13(12-8)5-3-4-11/h6-7H,3,5H2,1-2H3. The summed E-state index contributed by atoms with van der Waals surface area (Å²) in [5, 5.41) is 13.3. The van der Waals surface area contributed by atoms with E-state index in [1.54, 1.807) is 4.68 Å². The monoisotopic (exact) mass is 197 g/mol. The van der Waals surface area contributed by atoms with Crippen molar-refractivity contribution in [3.8, 4) is 6.07 Å². The zero-order chi connectivity index (χ0) is 9.84. The second kappa shape index (κ2) is 4.29. The van der Waals surface area contributed by atoms with Gasteiger partial charge < -0.3 is 0 Å². The van der Waals surface area contributed by atoms with Gasteiger partial charge in [-0.15, -0.1) is 0 Å². The summed E-state index contributed by atoms with van der Waals surface area (Å²) in [6.07, 6.45) is 0.443. The molecular formula is C9H12ClN3. The Bertz CT molecular complexity index is 322. The zero-order valence-corrected chi connectivity index (χ0v) is 8.54. The maximum Gasteiger partial charge on any atom is 0.127 e. The van der Waals surface area contributed by atoms with Crippen molar-refractivity contribution in [1.29, 1.82) is 5.26 Å². The van der Waals surface area contributed by atoms with Gasteiger partial charge in [-0.05, 0) is 12.0 Å². The predicted molar refractivity (Wildman–Crippen MR) is 51.6 cm³/mol. The van der Waals surface area contributed by atoms with Gasteiger partial charge in [-0.1, -0.05) is 25.4 Å². The quantitative estimate of drug-likeness (QED) is 0.748. The highest BCUT2D eigenvalue weighted by Crippen LogP contribution is 2.18. The number of nitriles is 1. The molecule has 70 valence electrons. The van der Waals surface area contributed by atoms with Gasteiger partial charge in [0.2, 0.25) is 0 Å². The van der Waals surface area contributed by atoms with Crippen molar-refractivity contribution in [2.45, 2.75) is 32.7 Å². The third-order valence-electron chi connectivity index (χ3n) is 1.78. The van der Waals surface area contributed by atoms with Crippen LogP contribution in [-0.4, -0.2) is 9.78 Å². The van der Waals surface area contributed by atoms with Crippen molar-refractivity contribution >= 4 is 11.6 Å². The highest BCUT2D eigenvalue weighted by atomic mass is 35.5. The average Bonchev–Trinajstić information content (AvgIpc) is 2.44. The molecule has 3 nitrogen and oxygen atoms in total. The van der Waals surface area contributed by atoms with E-state index in [0.29, 0.717) is 24.0 Å². The molecule has 0 saturated carbocycles. The maximum atomic E-state index is 8.40. The number of aryl methyl sites for hydroxylation is 1. The summed E-state index contributed by atoms with van der Waals surface area (Å²) in [6.45, 7) is 4.70. The predicted octanol–water partition coefficient (Wildman–Crippen LogP) is 2.57. The molecule has 0 N–H and O–H groups in total. The lowest BCUT2D eigenvalue weighted by Gasteiger charge is -1.99. The van der Waals surface area contributed by atoms with E-state index in [1.165, 1.54) is 0 Å². The summed E-state index contributed by atoms with van der Waals surface area (Å²) < 4.78 is 1.67. The van der Waals surface area contributed by atoms with E-state index in [-0.39, 0.29) is 0 Å². The van der Waals surface area contributed by atoms with E-state index >= 15 is 0 Å². The highest BCUT2D eigenvalue weighted by molar-refractivity contribution is 6.29. The summed E-state index contributed by atoms with van der Waals surface area (Å²) in [4.78, 5) is 0. The van der Waals surface area contributed by atoms with E-state index in [2.05, 4.69) is 25.0 Å². The number of hydrogen-bond donors (Lipinski definition) is 0. The van der Waals surface area contributed by atoms with E-state index in [9.17, 15) is 0 Å². The van der Waals surface area contributed by atoms with Crippen LogP contribution >= 0.6 is 11.6 Å². The first-order valence-electron chi connectivity index (χ1n) is 4.25. The lowest BCUT2D eigenvalue weighted by atomic mass is 10.1. The van der Waals surface area contributed by atoms with Gasteiger partial charge in [0.25, 0.3) is 0 Å². The molecule has 1 aromatic rings. The lowest BCUT2D eigenvalue weighted by molar-refractivity contribution is 0.610. The molecule has 0 unspecified atom stereocenters. The van der Waals surface area contributed by atoms with Gasteiger partial charge in [0.05, 0.1) is 24.7 Å². The minimum atomic E-state index is 0.376. The highest BCUT2D eigenvalue weighted by Gasteiger charge is 2.07. The Balaban J connectivity index is 2.79. The third-order valence-corrected chi connectivity index (χ3v) is 2.08. The molecule has 0 spiro atoms. The molecule has 1 rings (SSSR count). The molecule has 0 aliphatic heterocycles. The van der Waals surface area contributed by atoms with Crippen LogP contribution in [-0.2, 0) is 6.54 Å². The number of rotatable bonds is 3. The number of halogens is 1.